The predicted molar refractivity (Wildman–Crippen MR) is 91.4 cm³/mol. The van der Waals surface area contributed by atoms with Crippen LogP contribution in [-0.4, -0.2) is 37.2 Å². The van der Waals surface area contributed by atoms with Crippen molar-refractivity contribution in [2.24, 2.45) is 11.8 Å². The Morgan fingerprint density at radius 1 is 1.18 bits per heavy atom. The highest BCUT2D eigenvalue weighted by Gasteiger charge is 2.35. The van der Waals surface area contributed by atoms with Crippen LogP contribution in [0.25, 0.3) is 0 Å². The molecule has 2 saturated heterocycles. The van der Waals surface area contributed by atoms with E-state index in [9.17, 15) is 0 Å². The minimum atomic E-state index is 0.701. The van der Waals surface area contributed by atoms with Crippen molar-refractivity contribution in [1.82, 2.24) is 10.3 Å². The first-order chi connectivity index (χ1) is 10.9. The van der Waals surface area contributed by atoms with E-state index in [1.54, 1.807) is 0 Å². The zero-order valence-electron chi connectivity index (χ0n) is 13.4. The van der Waals surface area contributed by atoms with Crippen molar-refractivity contribution >= 4 is 11.5 Å². The fourth-order valence-electron chi connectivity index (χ4n) is 4.41. The van der Waals surface area contributed by atoms with Crippen LogP contribution in [0.4, 0.5) is 11.5 Å². The Bertz CT molecular complexity index is 486. The lowest BCUT2D eigenvalue weighted by atomic mass is 9.89. The first-order valence-electron chi connectivity index (χ1n) is 9.07. The molecule has 0 radical (unpaired) electrons. The first kappa shape index (κ1) is 14.3. The molecule has 3 fully saturated rings. The average Bonchev–Trinajstić information content (AvgIpc) is 3.16. The van der Waals surface area contributed by atoms with Crippen LogP contribution in [0.5, 0.6) is 0 Å². The summed E-state index contributed by atoms with van der Waals surface area (Å²) in [4.78, 5) is 7.04. The van der Waals surface area contributed by atoms with Crippen LogP contribution in [0.3, 0.4) is 0 Å². The van der Waals surface area contributed by atoms with E-state index in [0.717, 1.165) is 30.7 Å². The van der Waals surface area contributed by atoms with E-state index in [4.69, 9.17) is 0 Å². The lowest BCUT2D eigenvalue weighted by molar-refractivity contribution is 0.373. The Kier molecular flexibility index (Phi) is 4.20. The van der Waals surface area contributed by atoms with Gasteiger partial charge in [0.25, 0.3) is 0 Å². The third-order valence-corrected chi connectivity index (χ3v) is 5.77. The SMILES string of the molecule is c1cc(N2C[C@H]3CCN[C@H]3C2)cc(NCC2CCCCC2)n1. The summed E-state index contributed by atoms with van der Waals surface area (Å²) in [5.74, 6) is 2.73. The van der Waals surface area contributed by atoms with E-state index < -0.39 is 0 Å². The van der Waals surface area contributed by atoms with Gasteiger partial charge in [-0.2, -0.15) is 0 Å². The van der Waals surface area contributed by atoms with E-state index in [-0.39, 0.29) is 0 Å². The Balaban J connectivity index is 1.36. The van der Waals surface area contributed by atoms with Crippen LogP contribution in [-0.2, 0) is 0 Å². The number of hydrogen-bond donors (Lipinski definition) is 2. The minimum absolute atomic E-state index is 0.701. The molecular weight excluding hydrogens is 272 g/mol. The van der Waals surface area contributed by atoms with Gasteiger partial charge >= 0.3 is 0 Å². The summed E-state index contributed by atoms with van der Waals surface area (Å²) in [5, 5.41) is 7.20. The molecule has 0 bridgehead atoms. The number of nitrogens with one attached hydrogen (secondary N) is 2. The summed E-state index contributed by atoms with van der Waals surface area (Å²) in [6.07, 6.45) is 10.3. The van der Waals surface area contributed by atoms with Crippen LogP contribution in [0.15, 0.2) is 18.3 Å². The van der Waals surface area contributed by atoms with Crippen LogP contribution < -0.4 is 15.5 Å². The van der Waals surface area contributed by atoms with E-state index in [1.165, 1.54) is 57.3 Å². The highest BCUT2D eigenvalue weighted by atomic mass is 15.2. The van der Waals surface area contributed by atoms with Gasteiger partial charge in [0.1, 0.15) is 5.82 Å². The fraction of sp³-hybridized carbons (Fsp3) is 0.722. The molecule has 4 nitrogen and oxygen atoms in total. The summed E-state index contributed by atoms with van der Waals surface area (Å²) >= 11 is 0. The van der Waals surface area contributed by atoms with E-state index in [2.05, 4.69) is 32.7 Å². The van der Waals surface area contributed by atoms with E-state index in [0.29, 0.717) is 6.04 Å². The summed E-state index contributed by atoms with van der Waals surface area (Å²) in [5.41, 5.74) is 1.33. The lowest BCUT2D eigenvalue weighted by Crippen LogP contribution is -2.30. The largest absolute Gasteiger partial charge is 0.370 e. The number of pyridine rings is 1. The Morgan fingerprint density at radius 2 is 2.09 bits per heavy atom. The predicted octanol–water partition coefficient (Wildman–Crippen LogP) is 2.87. The second-order valence-electron chi connectivity index (χ2n) is 7.30. The second-order valence-corrected chi connectivity index (χ2v) is 7.30. The van der Waals surface area contributed by atoms with Crippen molar-refractivity contribution in [2.75, 3.05) is 36.4 Å². The molecule has 0 spiro atoms. The van der Waals surface area contributed by atoms with Crippen molar-refractivity contribution in [2.45, 2.75) is 44.6 Å². The van der Waals surface area contributed by atoms with Gasteiger partial charge in [-0.05, 0) is 43.7 Å². The highest BCUT2D eigenvalue weighted by molar-refractivity contribution is 5.55. The molecule has 2 aliphatic heterocycles. The van der Waals surface area contributed by atoms with Crippen molar-refractivity contribution < 1.29 is 0 Å². The molecule has 1 saturated carbocycles. The Morgan fingerprint density at radius 3 is 2.95 bits per heavy atom. The normalized spacial score (nSPS) is 28.8. The van der Waals surface area contributed by atoms with Crippen LogP contribution >= 0.6 is 0 Å². The first-order valence-corrected chi connectivity index (χ1v) is 9.07. The summed E-state index contributed by atoms with van der Waals surface area (Å²) in [6.45, 7) is 4.64. The van der Waals surface area contributed by atoms with Gasteiger partial charge in [-0.1, -0.05) is 19.3 Å². The zero-order valence-corrected chi connectivity index (χ0v) is 13.4. The summed E-state index contributed by atoms with van der Waals surface area (Å²) < 4.78 is 0. The topological polar surface area (TPSA) is 40.2 Å². The van der Waals surface area contributed by atoms with Gasteiger partial charge in [-0.3, -0.25) is 0 Å². The molecule has 22 heavy (non-hydrogen) atoms. The molecule has 4 rings (SSSR count). The van der Waals surface area contributed by atoms with Gasteiger partial charge in [-0.25, -0.2) is 4.98 Å². The minimum Gasteiger partial charge on any atom is -0.370 e. The molecule has 1 aromatic heterocycles. The van der Waals surface area contributed by atoms with Gasteiger partial charge in [0.2, 0.25) is 0 Å². The van der Waals surface area contributed by atoms with E-state index >= 15 is 0 Å². The number of rotatable bonds is 4. The van der Waals surface area contributed by atoms with Crippen molar-refractivity contribution in [3.05, 3.63) is 18.3 Å². The maximum absolute atomic E-state index is 4.51. The second kappa shape index (κ2) is 6.45. The van der Waals surface area contributed by atoms with Crippen LogP contribution in [0.1, 0.15) is 38.5 Å². The van der Waals surface area contributed by atoms with E-state index in [1.807, 2.05) is 6.20 Å². The van der Waals surface area contributed by atoms with Gasteiger partial charge in [0.15, 0.2) is 0 Å². The quantitative estimate of drug-likeness (QED) is 0.897. The smallest absolute Gasteiger partial charge is 0.127 e. The summed E-state index contributed by atoms with van der Waals surface area (Å²) in [7, 11) is 0. The number of hydrogen-bond acceptors (Lipinski definition) is 4. The molecule has 1 aliphatic carbocycles. The number of nitrogens with zero attached hydrogens (tertiary/aromatic N) is 2. The Labute approximate surface area is 133 Å². The fourth-order valence-corrected chi connectivity index (χ4v) is 4.41. The molecule has 2 N–H and O–H groups in total. The molecular formula is C18H28N4. The number of anilines is 2. The van der Waals surface area contributed by atoms with Gasteiger partial charge in [0.05, 0.1) is 0 Å². The Hall–Kier alpha value is -1.29. The van der Waals surface area contributed by atoms with Crippen molar-refractivity contribution in [3.63, 3.8) is 0 Å². The molecule has 2 atom stereocenters. The monoisotopic (exact) mass is 300 g/mol. The van der Waals surface area contributed by atoms with Gasteiger partial charge < -0.3 is 15.5 Å². The molecule has 120 valence electrons. The maximum atomic E-state index is 4.51. The summed E-state index contributed by atoms with van der Waals surface area (Å²) in [6, 6.07) is 5.10. The van der Waals surface area contributed by atoms with Crippen molar-refractivity contribution in [3.8, 4) is 0 Å². The lowest BCUT2D eigenvalue weighted by Gasteiger charge is -2.23. The molecule has 0 unspecified atom stereocenters. The average molecular weight is 300 g/mol. The molecule has 1 aromatic rings. The molecule has 3 aliphatic rings. The van der Waals surface area contributed by atoms with Crippen molar-refractivity contribution in [1.29, 1.82) is 0 Å². The standard InChI is InChI=1S/C18H28N4/c1-2-4-14(5-3-1)11-21-18-10-16(7-9-20-18)22-12-15-6-8-19-17(15)13-22/h7,9-10,14-15,17,19H,1-6,8,11-13H2,(H,20,21)/t15-,17+/m1/s1. The number of aromatic nitrogens is 1. The molecule has 0 amide bonds. The molecule has 3 heterocycles. The van der Waals surface area contributed by atoms with Crippen LogP contribution in [0, 0.1) is 11.8 Å². The van der Waals surface area contributed by atoms with Crippen LogP contribution in [0.2, 0.25) is 0 Å². The molecule has 0 aromatic carbocycles. The number of fused-ring (bicyclic) bond motifs is 1. The van der Waals surface area contributed by atoms with Gasteiger partial charge in [-0.15, -0.1) is 0 Å². The maximum Gasteiger partial charge on any atom is 0.127 e. The zero-order chi connectivity index (χ0) is 14.8. The molecule has 4 heteroatoms. The third-order valence-electron chi connectivity index (χ3n) is 5.77. The third kappa shape index (κ3) is 3.07. The van der Waals surface area contributed by atoms with Gasteiger partial charge in [0, 0.05) is 43.6 Å². The highest BCUT2D eigenvalue weighted by Crippen LogP contribution is 2.30.